The Morgan fingerprint density at radius 2 is 2.00 bits per heavy atom. The summed E-state index contributed by atoms with van der Waals surface area (Å²) in [6.45, 7) is 5.11. The van der Waals surface area contributed by atoms with E-state index in [1.807, 2.05) is 13.0 Å². The standard InChI is InChI=1S/C13H19FN2OS/c1-9-7-13(11(10(2)15)8-12(9)14)16-3-5-18(17)6-4-16/h7-8,10H,3-6,15H2,1-2H3. The molecule has 1 saturated heterocycles. The summed E-state index contributed by atoms with van der Waals surface area (Å²) in [6.07, 6.45) is 0. The first-order valence-corrected chi connectivity index (χ1v) is 7.63. The van der Waals surface area contributed by atoms with Gasteiger partial charge in [-0.2, -0.15) is 0 Å². The molecule has 1 aromatic carbocycles. The third kappa shape index (κ3) is 2.72. The van der Waals surface area contributed by atoms with Crippen LogP contribution < -0.4 is 10.6 Å². The van der Waals surface area contributed by atoms with Crippen LogP contribution in [0.2, 0.25) is 0 Å². The van der Waals surface area contributed by atoms with Gasteiger partial charge in [-0.1, -0.05) is 0 Å². The van der Waals surface area contributed by atoms with E-state index in [-0.39, 0.29) is 11.9 Å². The van der Waals surface area contributed by atoms with E-state index in [0.29, 0.717) is 17.1 Å². The topological polar surface area (TPSA) is 46.3 Å². The number of nitrogens with zero attached hydrogens (tertiary/aromatic N) is 1. The minimum atomic E-state index is -0.709. The monoisotopic (exact) mass is 270 g/mol. The number of hydrogen-bond donors (Lipinski definition) is 1. The molecule has 1 atom stereocenters. The van der Waals surface area contributed by atoms with E-state index in [0.717, 1.165) is 24.3 Å². The first kappa shape index (κ1) is 13.5. The predicted octanol–water partition coefficient (Wildman–Crippen LogP) is 1.72. The molecule has 0 saturated carbocycles. The van der Waals surface area contributed by atoms with Gasteiger partial charge in [0.2, 0.25) is 0 Å². The van der Waals surface area contributed by atoms with Gasteiger partial charge in [-0.3, -0.25) is 4.21 Å². The van der Waals surface area contributed by atoms with Gasteiger partial charge in [0.05, 0.1) is 0 Å². The van der Waals surface area contributed by atoms with Gasteiger partial charge >= 0.3 is 0 Å². The van der Waals surface area contributed by atoms with E-state index in [4.69, 9.17) is 5.73 Å². The fourth-order valence-electron chi connectivity index (χ4n) is 2.20. The van der Waals surface area contributed by atoms with Crippen LogP contribution in [0.15, 0.2) is 12.1 Å². The largest absolute Gasteiger partial charge is 0.369 e. The highest BCUT2D eigenvalue weighted by molar-refractivity contribution is 7.85. The van der Waals surface area contributed by atoms with Crippen molar-refractivity contribution in [3.63, 3.8) is 0 Å². The molecule has 1 unspecified atom stereocenters. The Balaban J connectivity index is 2.36. The minimum absolute atomic E-state index is 0.206. The van der Waals surface area contributed by atoms with Crippen LogP contribution in [0, 0.1) is 12.7 Å². The molecule has 0 bridgehead atoms. The molecule has 0 radical (unpaired) electrons. The van der Waals surface area contributed by atoms with Crippen LogP contribution in [-0.2, 0) is 10.8 Å². The molecule has 0 aromatic heterocycles. The van der Waals surface area contributed by atoms with Crippen molar-refractivity contribution >= 4 is 16.5 Å². The zero-order valence-corrected chi connectivity index (χ0v) is 11.6. The number of anilines is 1. The van der Waals surface area contributed by atoms with Crippen LogP contribution in [0.25, 0.3) is 0 Å². The third-order valence-corrected chi connectivity index (χ3v) is 4.59. The number of rotatable bonds is 2. The van der Waals surface area contributed by atoms with Gasteiger partial charge in [0.25, 0.3) is 0 Å². The molecule has 18 heavy (non-hydrogen) atoms. The van der Waals surface area contributed by atoms with Crippen molar-refractivity contribution in [3.05, 3.63) is 29.1 Å². The van der Waals surface area contributed by atoms with E-state index in [1.165, 1.54) is 6.07 Å². The van der Waals surface area contributed by atoms with Gasteiger partial charge in [-0.05, 0) is 37.1 Å². The van der Waals surface area contributed by atoms with Gasteiger partial charge in [0, 0.05) is 47.1 Å². The molecule has 3 nitrogen and oxygen atoms in total. The Hall–Kier alpha value is -0.940. The first-order chi connectivity index (χ1) is 8.49. The lowest BCUT2D eigenvalue weighted by Crippen LogP contribution is -2.38. The van der Waals surface area contributed by atoms with Crippen molar-refractivity contribution in [2.24, 2.45) is 5.73 Å². The second-order valence-electron chi connectivity index (χ2n) is 4.78. The third-order valence-electron chi connectivity index (χ3n) is 3.32. The first-order valence-electron chi connectivity index (χ1n) is 6.14. The number of nitrogens with two attached hydrogens (primary N) is 1. The molecule has 1 fully saturated rings. The second-order valence-corrected chi connectivity index (χ2v) is 6.48. The van der Waals surface area contributed by atoms with E-state index >= 15 is 0 Å². The maximum atomic E-state index is 13.6. The molecule has 2 N–H and O–H groups in total. The summed E-state index contributed by atoms with van der Waals surface area (Å²) in [7, 11) is -0.709. The maximum Gasteiger partial charge on any atom is 0.126 e. The molecule has 1 aromatic rings. The molecule has 2 rings (SSSR count). The van der Waals surface area contributed by atoms with Gasteiger partial charge in [-0.25, -0.2) is 4.39 Å². The van der Waals surface area contributed by atoms with Crippen molar-refractivity contribution in [3.8, 4) is 0 Å². The van der Waals surface area contributed by atoms with Gasteiger partial charge in [-0.15, -0.1) is 0 Å². The summed E-state index contributed by atoms with van der Waals surface area (Å²) in [6, 6.07) is 3.17. The van der Waals surface area contributed by atoms with Crippen LogP contribution in [-0.4, -0.2) is 28.8 Å². The molecule has 0 spiro atoms. The van der Waals surface area contributed by atoms with Crippen molar-refractivity contribution in [2.45, 2.75) is 19.9 Å². The number of halogens is 1. The second kappa shape index (κ2) is 5.36. The summed E-state index contributed by atoms with van der Waals surface area (Å²) in [4.78, 5) is 2.16. The summed E-state index contributed by atoms with van der Waals surface area (Å²) in [5.41, 5.74) is 8.35. The highest BCUT2D eigenvalue weighted by Crippen LogP contribution is 2.29. The maximum absolute atomic E-state index is 13.6. The number of hydrogen-bond acceptors (Lipinski definition) is 3. The number of aryl methyl sites for hydroxylation is 1. The van der Waals surface area contributed by atoms with E-state index in [1.54, 1.807) is 6.92 Å². The molecule has 0 aliphatic carbocycles. The fraction of sp³-hybridized carbons (Fsp3) is 0.538. The molecule has 1 aliphatic heterocycles. The highest BCUT2D eigenvalue weighted by atomic mass is 32.2. The smallest absolute Gasteiger partial charge is 0.126 e. The molecule has 100 valence electrons. The highest BCUT2D eigenvalue weighted by Gasteiger charge is 2.20. The van der Waals surface area contributed by atoms with Gasteiger partial charge in [0.1, 0.15) is 5.82 Å². The number of benzene rings is 1. The fourth-order valence-corrected chi connectivity index (χ4v) is 3.25. The minimum Gasteiger partial charge on any atom is -0.369 e. The van der Waals surface area contributed by atoms with E-state index < -0.39 is 10.8 Å². The molecular weight excluding hydrogens is 251 g/mol. The normalized spacial score (nSPS) is 19.0. The summed E-state index contributed by atoms with van der Waals surface area (Å²) < 4.78 is 25.0. The SMILES string of the molecule is Cc1cc(N2CCS(=O)CC2)c(C(C)N)cc1F. The Kier molecular flexibility index (Phi) is 4.02. The molecule has 1 heterocycles. The van der Waals surface area contributed by atoms with Crippen molar-refractivity contribution < 1.29 is 8.60 Å². The summed E-state index contributed by atoms with van der Waals surface area (Å²) >= 11 is 0. The quantitative estimate of drug-likeness (QED) is 0.890. The molecular formula is C13H19FN2OS. The zero-order chi connectivity index (χ0) is 13.3. The Morgan fingerprint density at radius 3 is 2.56 bits per heavy atom. The molecule has 0 amide bonds. The summed E-state index contributed by atoms with van der Waals surface area (Å²) in [5.74, 6) is 1.13. The van der Waals surface area contributed by atoms with Crippen LogP contribution in [0.3, 0.4) is 0 Å². The lowest BCUT2D eigenvalue weighted by atomic mass is 10.0. The van der Waals surface area contributed by atoms with E-state index in [2.05, 4.69) is 4.90 Å². The lowest BCUT2D eigenvalue weighted by Gasteiger charge is -2.31. The van der Waals surface area contributed by atoms with Crippen LogP contribution in [0.5, 0.6) is 0 Å². The van der Waals surface area contributed by atoms with Crippen LogP contribution in [0.1, 0.15) is 24.1 Å². The average Bonchev–Trinajstić information content (AvgIpc) is 2.33. The van der Waals surface area contributed by atoms with Crippen molar-refractivity contribution in [1.82, 2.24) is 0 Å². The molecule has 1 aliphatic rings. The zero-order valence-electron chi connectivity index (χ0n) is 10.8. The predicted molar refractivity (Wildman–Crippen MR) is 73.8 cm³/mol. The van der Waals surface area contributed by atoms with Crippen LogP contribution >= 0.6 is 0 Å². The molecule has 5 heteroatoms. The Bertz CT molecular complexity index is 466. The van der Waals surface area contributed by atoms with Crippen molar-refractivity contribution in [1.29, 1.82) is 0 Å². The van der Waals surface area contributed by atoms with Crippen molar-refractivity contribution in [2.75, 3.05) is 29.5 Å². The van der Waals surface area contributed by atoms with Gasteiger partial charge in [0.15, 0.2) is 0 Å². The van der Waals surface area contributed by atoms with E-state index in [9.17, 15) is 8.60 Å². The summed E-state index contributed by atoms with van der Waals surface area (Å²) in [5, 5.41) is 0. The van der Waals surface area contributed by atoms with Crippen LogP contribution in [0.4, 0.5) is 10.1 Å². The lowest BCUT2D eigenvalue weighted by molar-refractivity contribution is 0.612. The van der Waals surface area contributed by atoms with Gasteiger partial charge < -0.3 is 10.6 Å². The Labute approximate surface area is 110 Å². The Morgan fingerprint density at radius 1 is 1.39 bits per heavy atom. The average molecular weight is 270 g/mol.